The van der Waals surface area contributed by atoms with Crippen LogP contribution >= 0.6 is 0 Å². The minimum absolute atomic E-state index is 0.0313. The monoisotopic (exact) mass is 378 g/mol. The van der Waals surface area contributed by atoms with E-state index in [9.17, 15) is 4.79 Å². The van der Waals surface area contributed by atoms with Crippen LogP contribution in [0.25, 0.3) is 11.3 Å². The van der Waals surface area contributed by atoms with Gasteiger partial charge in [0, 0.05) is 18.2 Å². The van der Waals surface area contributed by atoms with Gasteiger partial charge in [-0.2, -0.15) is 0 Å². The van der Waals surface area contributed by atoms with Crippen molar-refractivity contribution in [3.63, 3.8) is 0 Å². The summed E-state index contributed by atoms with van der Waals surface area (Å²) in [5.41, 5.74) is 2.55. The number of ether oxygens (including phenoxy) is 2. The number of carbonyl (C=O) groups is 1. The van der Waals surface area contributed by atoms with Crippen molar-refractivity contribution in [1.82, 2.24) is 10.1 Å². The fourth-order valence-electron chi connectivity index (χ4n) is 3.62. The molecule has 1 amide bonds. The molecule has 144 valence electrons. The van der Waals surface area contributed by atoms with Crippen LogP contribution in [0, 0.1) is 0 Å². The molecule has 0 unspecified atom stereocenters. The van der Waals surface area contributed by atoms with Gasteiger partial charge in [-0.3, -0.25) is 4.79 Å². The SMILES string of the molecule is COc1ccc([C@@H]2CCCN2C(=O)c2cc(-c3cccc(OC)c3)no2)cc1. The molecule has 0 saturated carbocycles. The first kappa shape index (κ1) is 18.1. The maximum absolute atomic E-state index is 13.1. The summed E-state index contributed by atoms with van der Waals surface area (Å²) in [6.45, 7) is 0.699. The molecule has 1 aliphatic heterocycles. The molecule has 2 aromatic carbocycles. The third-order valence-corrected chi connectivity index (χ3v) is 5.10. The predicted molar refractivity (Wildman–Crippen MR) is 104 cm³/mol. The maximum atomic E-state index is 13.1. The third kappa shape index (κ3) is 3.45. The lowest BCUT2D eigenvalue weighted by molar-refractivity contribution is 0.0693. The Morgan fingerprint density at radius 3 is 2.61 bits per heavy atom. The fraction of sp³-hybridized carbons (Fsp3) is 0.273. The van der Waals surface area contributed by atoms with Crippen LogP contribution in [0.3, 0.4) is 0 Å². The van der Waals surface area contributed by atoms with E-state index in [1.54, 1.807) is 20.3 Å². The minimum Gasteiger partial charge on any atom is -0.497 e. The first-order chi connectivity index (χ1) is 13.7. The van der Waals surface area contributed by atoms with Crippen LogP contribution in [0.1, 0.15) is 35.0 Å². The molecule has 1 aliphatic rings. The van der Waals surface area contributed by atoms with Gasteiger partial charge in [-0.1, -0.05) is 29.4 Å². The molecule has 6 heteroatoms. The summed E-state index contributed by atoms with van der Waals surface area (Å²) >= 11 is 0. The summed E-state index contributed by atoms with van der Waals surface area (Å²) in [6, 6.07) is 17.1. The first-order valence-corrected chi connectivity index (χ1v) is 9.25. The van der Waals surface area contributed by atoms with E-state index in [1.807, 2.05) is 53.4 Å². The van der Waals surface area contributed by atoms with Crippen LogP contribution in [-0.4, -0.2) is 36.7 Å². The van der Waals surface area contributed by atoms with E-state index in [0.29, 0.717) is 12.2 Å². The van der Waals surface area contributed by atoms with Gasteiger partial charge in [-0.15, -0.1) is 0 Å². The quantitative estimate of drug-likeness (QED) is 0.661. The molecular formula is C22H22N2O4. The molecule has 1 aromatic heterocycles. The average Bonchev–Trinajstić information content (AvgIpc) is 3.43. The van der Waals surface area contributed by atoms with Gasteiger partial charge in [0.2, 0.25) is 5.76 Å². The number of hydrogen-bond acceptors (Lipinski definition) is 5. The Morgan fingerprint density at radius 2 is 1.86 bits per heavy atom. The van der Waals surface area contributed by atoms with E-state index in [-0.39, 0.29) is 17.7 Å². The van der Waals surface area contributed by atoms with Crippen LogP contribution in [-0.2, 0) is 0 Å². The number of methoxy groups -OCH3 is 2. The number of carbonyl (C=O) groups excluding carboxylic acids is 1. The second-order valence-electron chi connectivity index (χ2n) is 6.74. The molecule has 4 rings (SSSR count). The highest BCUT2D eigenvalue weighted by atomic mass is 16.5. The van der Waals surface area contributed by atoms with Crippen LogP contribution < -0.4 is 9.47 Å². The summed E-state index contributed by atoms with van der Waals surface area (Å²) in [6.07, 6.45) is 1.88. The van der Waals surface area contributed by atoms with Gasteiger partial charge >= 0.3 is 0 Å². The van der Waals surface area contributed by atoms with Gasteiger partial charge in [0.05, 0.1) is 20.3 Å². The zero-order valence-electron chi connectivity index (χ0n) is 15.9. The van der Waals surface area contributed by atoms with E-state index in [2.05, 4.69) is 5.16 Å². The van der Waals surface area contributed by atoms with E-state index < -0.39 is 0 Å². The predicted octanol–water partition coefficient (Wildman–Crippen LogP) is 4.34. The third-order valence-electron chi connectivity index (χ3n) is 5.10. The lowest BCUT2D eigenvalue weighted by Crippen LogP contribution is -2.30. The molecule has 1 atom stereocenters. The summed E-state index contributed by atoms with van der Waals surface area (Å²) in [7, 11) is 3.26. The number of amides is 1. The van der Waals surface area contributed by atoms with Crippen molar-refractivity contribution >= 4 is 5.91 Å². The second-order valence-corrected chi connectivity index (χ2v) is 6.74. The molecule has 0 aliphatic carbocycles. The Hall–Kier alpha value is -3.28. The molecule has 1 fully saturated rings. The number of likely N-dealkylation sites (tertiary alicyclic amines) is 1. The van der Waals surface area contributed by atoms with Gasteiger partial charge in [0.25, 0.3) is 5.91 Å². The zero-order chi connectivity index (χ0) is 19.5. The van der Waals surface area contributed by atoms with Crippen molar-refractivity contribution in [2.45, 2.75) is 18.9 Å². The second kappa shape index (κ2) is 7.76. The Labute approximate surface area is 163 Å². The summed E-state index contributed by atoms with van der Waals surface area (Å²) in [4.78, 5) is 14.9. The fourth-order valence-corrected chi connectivity index (χ4v) is 3.62. The van der Waals surface area contributed by atoms with Crippen molar-refractivity contribution in [1.29, 1.82) is 0 Å². The summed E-state index contributed by atoms with van der Waals surface area (Å²) in [5.74, 6) is 1.64. The topological polar surface area (TPSA) is 64.8 Å². The van der Waals surface area contributed by atoms with Crippen molar-refractivity contribution in [3.8, 4) is 22.8 Å². The largest absolute Gasteiger partial charge is 0.497 e. The van der Waals surface area contributed by atoms with Crippen molar-refractivity contribution < 1.29 is 18.8 Å². The van der Waals surface area contributed by atoms with Gasteiger partial charge in [-0.05, 0) is 42.7 Å². The number of nitrogens with zero attached hydrogens (tertiary/aromatic N) is 2. The number of rotatable bonds is 5. The van der Waals surface area contributed by atoms with Crippen LogP contribution in [0.5, 0.6) is 11.5 Å². The van der Waals surface area contributed by atoms with Gasteiger partial charge < -0.3 is 18.9 Å². The van der Waals surface area contributed by atoms with E-state index >= 15 is 0 Å². The number of hydrogen-bond donors (Lipinski definition) is 0. The Morgan fingerprint density at radius 1 is 1.07 bits per heavy atom. The normalized spacial score (nSPS) is 16.2. The lowest BCUT2D eigenvalue weighted by Gasteiger charge is -2.24. The van der Waals surface area contributed by atoms with Crippen molar-refractivity contribution in [2.75, 3.05) is 20.8 Å². The highest BCUT2D eigenvalue weighted by Crippen LogP contribution is 2.34. The van der Waals surface area contributed by atoms with Crippen LogP contribution in [0.2, 0.25) is 0 Å². The van der Waals surface area contributed by atoms with E-state index in [0.717, 1.165) is 35.5 Å². The molecule has 0 bridgehead atoms. The zero-order valence-corrected chi connectivity index (χ0v) is 15.9. The Bertz CT molecular complexity index is 965. The van der Waals surface area contributed by atoms with Crippen LogP contribution in [0.4, 0.5) is 0 Å². The molecule has 2 heterocycles. The molecule has 6 nitrogen and oxygen atoms in total. The van der Waals surface area contributed by atoms with E-state index in [4.69, 9.17) is 14.0 Å². The number of aromatic nitrogens is 1. The van der Waals surface area contributed by atoms with Gasteiger partial charge in [0.1, 0.15) is 17.2 Å². The molecule has 0 spiro atoms. The lowest BCUT2D eigenvalue weighted by atomic mass is 10.0. The molecular weight excluding hydrogens is 356 g/mol. The van der Waals surface area contributed by atoms with Gasteiger partial charge in [0.15, 0.2) is 0 Å². The standard InChI is InChI=1S/C22H22N2O4/c1-26-17-10-8-15(9-11-17)20-7-4-12-24(20)22(25)21-14-19(23-28-21)16-5-3-6-18(13-16)27-2/h3,5-6,8-11,13-14,20H,4,7,12H2,1-2H3/t20-/m0/s1. The minimum atomic E-state index is -0.139. The molecule has 1 saturated heterocycles. The Kier molecular flexibility index (Phi) is 5.02. The highest BCUT2D eigenvalue weighted by molar-refractivity contribution is 5.93. The molecule has 0 N–H and O–H groups in total. The summed E-state index contributed by atoms with van der Waals surface area (Å²) < 4.78 is 15.9. The summed E-state index contributed by atoms with van der Waals surface area (Å²) in [5, 5.41) is 4.08. The van der Waals surface area contributed by atoms with Crippen molar-refractivity contribution in [2.24, 2.45) is 0 Å². The average molecular weight is 378 g/mol. The number of benzene rings is 2. The van der Waals surface area contributed by atoms with Crippen LogP contribution in [0.15, 0.2) is 59.1 Å². The smallest absolute Gasteiger partial charge is 0.292 e. The maximum Gasteiger partial charge on any atom is 0.292 e. The molecule has 28 heavy (non-hydrogen) atoms. The van der Waals surface area contributed by atoms with Gasteiger partial charge in [-0.25, -0.2) is 0 Å². The Balaban J connectivity index is 1.55. The van der Waals surface area contributed by atoms with Crippen molar-refractivity contribution in [3.05, 3.63) is 65.9 Å². The van der Waals surface area contributed by atoms with E-state index in [1.165, 1.54) is 0 Å². The molecule has 0 radical (unpaired) electrons. The molecule has 3 aromatic rings. The first-order valence-electron chi connectivity index (χ1n) is 9.25. The highest BCUT2D eigenvalue weighted by Gasteiger charge is 2.32.